The third-order valence-corrected chi connectivity index (χ3v) is 7.39. The summed E-state index contributed by atoms with van der Waals surface area (Å²) in [4.78, 5) is 0. The number of rotatable bonds is 8. The van der Waals surface area contributed by atoms with Gasteiger partial charge in [-0.15, -0.1) is 36.4 Å². The zero-order chi connectivity index (χ0) is 35.1. The van der Waals surface area contributed by atoms with Crippen molar-refractivity contribution in [3.8, 4) is 22.9 Å². The predicted molar refractivity (Wildman–Crippen MR) is 184 cm³/mol. The van der Waals surface area contributed by atoms with E-state index in [2.05, 4.69) is 12.1 Å². The first-order valence-electron chi connectivity index (χ1n) is 15.9. The van der Waals surface area contributed by atoms with Gasteiger partial charge in [0.25, 0.3) is 0 Å². The Kier molecular flexibility index (Phi) is 17.5. The standard InChI is InChI=1S/2C15H16F2NO.2C5H5.Ti/c2*1-4-11-9-15(19-3)13(5-2)18(11)14-7-6-10(16)8-12(14)17;2*1-2-4-5-3-1;/h2*6-7,9H,4-5H2,1-3H3;2*1-5H;/q4*-1;+4. The maximum absolute atomic E-state index is 13.9. The van der Waals surface area contributed by atoms with Crippen LogP contribution in [0.25, 0.3) is 11.4 Å². The van der Waals surface area contributed by atoms with Gasteiger partial charge in [-0.25, -0.2) is 41.8 Å². The molecule has 49 heavy (non-hydrogen) atoms. The molecule has 256 valence electrons. The third-order valence-electron chi connectivity index (χ3n) is 7.39. The van der Waals surface area contributed by atoms with Crippen molar-refractivity contribution in [2.45, 2.75) is 53.4 Å². The number of hydrogen-bond acceptors (Lipinski definition) is 2. The van der Waals surface area contributed by atoms with E-state index in [0.717, 1.165) is 47.1 Å². The van der Waals surface area contributed by atoms with E-state index < -0.39 is 23.3 Å². The monoisotopic (exact) mass is 706 g/mol. The Morgan fingerprint density at radius 1 is 0.571 bits per heavy atom. The second kappa shape index (κ2) is 21.0. The molecule has 0 fully saturated rings. The summed E-state index contributed by atoms with van der Waals surface area (Å²) in [6.45, 7) is 7.91. The molecule has 0 saturated carbocycles. The van der Waals surface area contributed by atoms with Crippen LogP contribution in [0.15, 0.2) is 97.1 Å². The first-order valence-corrected chi connectivity index (χ1v) is 15.9. The average Bonchev–Trinajstić information content (AvgIpc) is 3.93. The number of halogens is 4. The first kappa shape index (κ1) is 40.9. The molecule has 0 aliphatic rings. The Morgan fingerprint density at radius 2 is 0.918 bits per heavy atom. The van der Waals surface area contributed by atoms with Crippen LogP contribution in [0.2, 0.25) is 0 Å². The third kappa shape index (κ3) is 10.9. The Bertz CT molecular complexity index is 1630. The second-order valence-electron chi connectivity index (χ2n) is 10.3. The van der Waals surface area contributed by atoms with E-state index >= 15 is 0 Å². The summed E-state index contributed by atoms with van der Waals surface area (Å²) in [5.74, 6) is -1.33. The zero-order valence-electron chi connectivity index (χ0n) is 28.8. The molecule has 0 aliphatic heterocycles. The smallest absolute Gasteiger partial charge is 0.495 e. The van der Waals surface area contributed by atoms with E-state index in [0.29, 0.717) is 24.2 Å². The van der Waals surface area contributed by atoms with Gasteiger partial charge in [-0.1, -0.05) is 27.7 Å². The number of aromatic nitrogens is 2. The Morgan fingerprint density at radius 3 is 1.14 bits per heavy atom. The fourth-order valence-corrected chi connectivity index (χ4v) is 5.16. The van der Waals surface area contributed by atoms with Crippen molar-refractivity contribution in [2.24, 2.45) is 0 Å². The zero-order valence-corrected chi connectivity index (χ0v) is 30.4. The van der Waals surface area contributed by atoms with Crippen LogP contribution >= 0.6 is 0 Å². The molecule has 0 N–H and O–H groups in total. The summed E-state index contributed by atoms with van der Waals surface area (Å²) >= 11 is 0. The van der Waals surface area contributed by atoms with Crippen molar-refractivity contribution in [2.75, 3.05) is 14.2 Å². The van der Waals surface area contributed by atoms with Crippen LogP contribution in [0.4, 0.5) is 17.6 Å². The normalized spacial score (nSPS) is 10.0. The molecule has 0 saturated heterocycles. The van der Waals surface area contributed by atoms with Crippen LogP contribution < -0.4 is 9.47 Å². The number of nitrogens with zero attached hydrogens (tertiary/aromatic N) is 2. The van der Waals surface area contributed by atoms with E-state index in [1.165, 1.54) is 24.3 Å². The summed E-state index contributed by atoms with van der Waals surface area (Å²) in [6.07, 6.45) is 2.85. The van der Waals surface area contributed by atoms with E-state index in [1.54, 1.807) is 23.4 Å². The molecule has 4 nitrogen and oxygen atoms in total. The Labute approximate surface area is 302 Å². The minimum absolute atomic E-state index is 0. The van der Waals surface area contributed by atoms with Gasteiger partial charge < -0.3 is 18.6 Å². The fraction of sp³-hybridized carbons (Fsp3) is 0.250. The maximum atomic E-state index is 13.9. The number of benzene rings is 2. The van der Waals surface area contributed by atoms with Crippen molar-refractivity contribution < 1.29 is 48.8 Å². The van der Waals surface area contributed by atoms with Gasteiger partial charge in [-0.2, -0.15) is 36.4 Å². The SMILES string of the molecule is CCc1cc(OC)c(CC)n1-c1ccc(F)[c-]c1F.CCc1cc(OC)c(CC)n1-c1ccc(F)[c-]c1F.[Ti+4].c1cc[cH-]c1.c1cc[cH-]c1. The molecule has 0 radical (unpaired) electrons. The van der Waals surface area contributed by atoms with Gasteiger partial charge in [0.1, 0.15) is 11.5 Å². The van der Waals surface area contributed by atoms with Crippen LogP contribution in [-0.2, 0) is 47.4 Å². The minimum Gasteiger partial charge on any atom is -0.495 e. The van der Waals surface area contributed by atoms with Crippen LogP contribution in [0.5, 0.6) is 11.5 Å². The van der Waals surface area contributed by atoms with E-state index in [-0.39, 0.29) is 21.7 Å². The van der Waals surface area contributed by atoms with Crippen molar-refractivity contribution in [1.29, 1.82) is 0 Å². The van der Waals surface area contributed by atoms with Gasteiger partial charge in [0.2, 0.25) is 0 Å². The molecule has 2 heterocycles. The van der Waals surface area contributed by atoms with Crippen LogP contribution in [0.1, 0.15) is 50.5 Å². The van der Waals surface area contributed by atoms with Crippen LogP contribution in [0.3, 0.4) is 0 Å². The summed E-state index contributed by atoms with van der Waals surface area (Å²) in [7, 11) is 3.18. The summed E-state index contributed by atoms with van der Waals surface area (Å²) < 4.78 is 68.0. The second-order valence-corrected chi connectivity index (χ2v) is 10.3. The predicted octanol–water partition coefficient (Wildman–Crippen LogP) is 10.2. The molecular formula is C40H42F4N2O2Ti. The molecule has 6 aromatic rings. The fourth-order valence-electron chi connectivity index (χ4n) is 5.16. The number of methoxy groups -OCH3 is 2. The molecule has 0 spiro atoms. The summed E-state index contributed by atoms with van der Waals surface area (Å²) in [5, 5.41) is 0. The van der Waals surface area contributed by atoms with Crippen molar-refractivity contribution >= 4 is 0 Å². The summed E-state index contributed by atoms with van der Waals surface area (Å²) in [5.41, 5.74) is 4.20. The van der Waals surface area contributed by atoms with Gasteiger partial charge >= 0.3 is 21.7 Å². The number of ether oxygens (including phenoxy) is 2. The van der Waals surface area contributed by atoms with Crippen molar-refractivity contribution in [1.82, 2.24) is 9.13 Å². The van der Waals surface area contributed by atoms with E-state index in [4.69, 9.17) is 9.47 Å². The van der Waals surface area contributed by atoms with Gasteiger partial charge in [0, 0.05) is 46.8 Å². The van der Waals surface area contributed by atoms with Crippen molar-refractivity contribution in [3.05, 3.63) is 155 Å². The molecule has 2 aromatic heterocycles. The summed E-state index contributed by atoms with van der Waals surface area (Å²) in [6, 6.07) is 33.2. The van der Waals surface area contributed by atoms with E-state index in [1.807, 2.05) is 100 Å². The Balaban J connectivity index is 0.000000260. The van der Waals surface area contributed by atoms with Crippen LogP contribution in [-0.4, -0.2) is 23.4 Å². The average molecular weight is 707 g/mol. The van der Waals surface area contributed by atoms with Gasteiger partial charge in [0.15, 0.2) is 0 Å². The molecule has 0 bridgehead atoms. The molecule has 0 amide bonds. The number of hydrogen-bond donors (Lipinski definition) is 0. The Hall–Kier alpha value is -4.27. The van der Waals surface area contributed by atoms with Crippen molar-refractivity contribution in [3.63, 3.8) is 0 Å². The van der Waals surface area contributed by atoms with Gasteiger partial charge in [0.05, 0.1) is 25.6 Å². The molecule has 0 atom stereocenters. The molecule has 6 rings (SSSR count). The van der Waals surface area contributed by atoms with Gasteiger partial charge in [-0.05, 0) is 37.1 Å². The van der Waals surface area contributed by atoms with Crippen LogP contribution in [0, 0.1) is 35.4 Å². The quantitative estimate of drug-likeness (QED) is 0.0896. The first-order chi connectivity index (χ1) is 23.2. The molecular weight excluding hydrogens is 664 g/mol. The minimum atomic E-state index is -0.698. The van der Waals surface area contributed by atoms with Gasteiger partial charge in [-0.3, -0.25) is 0 Å². The van der Waals surface area contributed by atoms with E-state index in [9.17, 15) is 17.6 Å². The molecule has 0 aliphatic carbocycles. The molecule has 4 aromatic carbocycles. The largest absolute Gasteiger partial charge is 4.00 e. The molecule has 9 heteroatoms. The topological polar surface area (TPSA) is 28.3 Å². The maximum Gasteiger partial charge on any atom is 4.00 e. The molecule has 0 unspecified atom stereocenters. The number of aryl methyl sites for hydroxylation is 2.